The lowest BCUT2D eigenvalue weighted by Gasteiger charge is -2.12. The predicted octanol–water partition coefficient (Wildman–Crippen LogP) is 3.12. The Morgan fingerprint density at radius 2 is 1.95 bits per heavy atom. The van der Waals surface area contributed by atoms with Gasteiger partial charge < -0.3 is 15.6 Å². The Kier molecular flexibility index (Phi) is 5.51. The number of halogens is 2. The number of aliphatic carboxylic acids is 1. The highest BCUT2D eigenvalue weighted by atomic mass is 79.9. The Balaban J connectivity index is 2.11. The van der Waals surface area contributed by atoms with E-state index in [4.69, 9.17) is 15.6 Å². The lowest BCUT2D eigenvalue weighted by Crippen LogP contribution is -2.32. The van der Waals surface area contributed by atoms with Gasteiger partial charge in [-0.05, 0) is 45.6 Å². The summed E-state index contributed by atoms with van der Waals surface area (Å²) in [4.78, 5) is 10.7. The second-order valence-electron chi connectivity index (χ2n) is 4.81. The molecule has 6 heteroatoms. The molecule has 0 saturated carbocycles. The van der Waals surface area contributed by atoms with Crippen molar-refractivity contribution in [3.63, 3.8) is 0 Å². The van der Waals surface area contributed by atoms with Crippen LogP contribution in [-0.4, -0.2) is 17.1 Å². The second-order valence-corrected chi connectivity index (χ2v) is 5.67. The van der Waals surface area contributed by atoms with Crippen LogP contribution in [0.15, 0.2) is 46.9 Å². The molecule has 2 aromatic carbocycles. The zero-order chi connectivity index (χ0) is 16.1. The van der Waals surface area contributed by atoms with E-state index in [1.807, 2.05) is 30.3 Å². The molecule has 0 heterocycles. The van der Waals surface area contributed by atoms with Crippen molar-refractivity contribution in [2.45, 2.75) is 19.1 Å². The number of hydrogen-bond acceptors (Lipinski definition) is 3. The minimum absolute atomic E-state index is 0.0455. The molecule has 0 aliphatic rings. The number of rotatable bonds is 6. The van der Waals surface area contributed by atoms with Gasteiger partial charge in [0.15, 0.2) is 11.6 Å². The fourth-order valence-electron chi connectivity index (χ4n) is 1.94. The molecule has 22 heavy (non-hydrogen) atoms. The molecule has 1 atom stereocenters. The average molecular weight is 368 g/mol. The van der Waals surface area contributed by atoms with Crippen LogP contribution in [0.25, 0.3) is 0 Å². The number of carboxylic acids is 1. The number of benzene rings is 2. The molecule has 116 valence electrons. The Morgan fingerprint density at radius 1 is 1.27 bits per heavy atom. The summed E-state index contributed by atoms with van der Waals surface area (Å²) in [5.41, 5.74) is 6.87. The molecular formula is C16H15BrFNO3. The summed E-state index contributed by atoms with van der Waals surface area (Å²) >= 11 is 3.25. The third kappa shape index (κ3) is 4.29. The van der Waals surface area contributed by atoms with Crippen molar-refractivity contribution in [3.8, 4) is 5.75 Å². The van der Waals surface area contributed by atoms with Gasteiger partial charge in [-0.1, -0.05) is 30.3 Å². The van der Waals surface area contributed by atoms with Crippen LogP contribution in [-0.2, 0) is 17.8 Å². The molecule has 0 amide bonds. The van der Waals surface area contributed by atoms with Gasteiger partial charge in [0.2, 0.25) is 0 Å². The third-order valence-corrected chi connectivity index (χ3v) is 3.65. The van der Waals surface area contributed by atoms with Gasteiger partial charge in [-0.15, -0.1) is 0 Å². The van der Waals surface area contributed by atoms with Crippen molar-refractivity contribution in [2.75, 3.05) is 0 Å². The molecule has 3 N–H and O–H groups in total. The maximum Gasteiger partial charge on any atom is 0.320 e. The average Bonchev–Trinajstić information content (AvgIpc) is 2.47. The Morgan fingerprint density at radius 3 is 2.55 bits per heavy atom. The molecule has 4 nitrogen and oxygen atoms in total. The van der Waals surface area contributed by atoms with Crippen LogP contribution in [0.3, 0.4) is 0 Å². The standard InChI is InChI=1S/C16H15BrFNO3/c17-12-6-11(8-14(19)16(20)21)7-13(18)15(12)22-9-10-4-2-1-3-5-10/h1-7,14H,8-9,19H2,(H,20,21). The van der Waals surface area contributed by atoms with E-state index < -0.39 is 17.8 Å². The van der Waals surface area contributed by atoms with Crippen LogP contribution in [0, 0.1) is 5.82 Å². The first-order valence-electron chi connectivity index (χ1n) is 6.60. The molecule has 2 rings (SSSR count). The van der Waals surface area contributed by atoms with E-state index in [0.717, 1.165) is 5.56 Å². The number of nitrogens with two attached hydrogens (primary N) is 1. The highest BCUT2D eigenvalue weighted by Crippen LogP contribution is 2.30. The third-order valence-electron chi connectivity index (χ3n) is 3.06. The van der Waals surface area contributed by atoms with Crippen LogP contribution in [0.1, 0.15) is 11.1 Å². The predicted molar refractivity (Wildman–Crippen MR) is 84.2 cm³/mol. The normalized spacial score (nSPS) is 12.0. The zero-order valence-electron chi connectivity index (χ0n) is 11.6. The van der Waals surface area contributed by atoms with Gasteiger partial charge in [0.25, 0.3) is 0 Å². The fraction of sp³-hybridized carbons (Fsp3) is 0.188. The molecule has 0 spiro atoms. The first-order valence-corrected chi connectivity index (χ1v) is 7.39. The van der Waals surface area contributed by atoms with E-state index in [1.165, 1.54) is 6.07 Å². The van der Waals surface area contributed by atoms with Crippen molar-refractivity contribution in [1.29, 1.82) is 0 Å². The number of carbonyl (C=O) groups is 1. The van der Waals surface area contributed by atoms with Crippen LogP contribution in [0.2, 0.25) is 0 Å². The summed E-state index contributed by atoms with van der Waals surface area (Å²) < 4.78 is 20.0. The molecule has 1 unspecified atom stereocenters. The first kappa shape index (κ1) is 16.5. The smallest absolute Gasteiger partial charge is 0.320 e. The van der Waals surface area contributed by atoms with E-state index in [1.54, 1.807) is 6.07 Å². The number of carboxylic acid groups (broad SMARTS) is 1. The topological polar surface area (TPSA) is 72.5 Å². The molecule has 2 aromatic rings. The molecule has 0 radical (unpaired) electrons. The highest BCUT2D eigenvalue weighted by Gasteiger charge is 2.16. The van der Waals surface area contributed by atoms with Crippen molar-refractivity contribution < 1.29 is 19.0 Å². The van der Waals surface area contributed by atoms with E-state index in [2.05, 4.69) is 15.9 Å². The van der Waals surface area contributed by atoms with Gasteiger partial charge in [-0.25, -0.2) is 4.39 Å². The summed E-state index contributed by atoms with van der Waals surface area (Å²) in [5.74, 6) is -1.59. The highest BCUT2D eigenvalue weighted by molar-refractivity contribution is 9.10. The molecule has 0 aliphatic heterocycles. The minimum atomic E-state index is -1.12. The molecular weight excluding hydrogens is 353 g/mol. The van der Waals surface area contributed by atoms with Crippen molar-refractivity contribution >= 4 is 21.9 Å². The Labute approximate surface area is 135 Å². The van der Waals surface area contributed by atoms with Gasteiger partial charge in [0.05, 0.1) is 4.47 Å². The van der Waals surface area contributed by atoms with Crippen molar-refractivity contribution in [2.24, 2.45) is 5.73 Å². The minimum Gasteiger partial charge on any atom is -0.485 e. The van der Waals surface area contributed by atoms with E-state index in [9.17, 15) is 9.18 Å². The van der Waals surface area contributed by atoms with Gasteiger partial charge in [-0.3, -0.25) is 4.79 Å². The summed E-state index contributed by atoms with van der Waals surface area (Å²) in [6.45, 7) is 0.240. The van der Waals surface area contributed by atoms with Crippen molar-refractivity contribution in [3.05, 3.63) is 63.9 Å². The lowest BCUT2D eigenvalue weighted by atomic mass is 10.1. The largest absolute Gasteiger partial charge is 0.485 e. The van der Waals surface area contributed by atoms with E-state index in [-0.39, 0.29) is 18.8 Å². The molecule has 0 saturated heterocycles. The monoisotopic (exact) mass is 367 g/mol. The van der Waals surface area contributed by atoms with E-state index >= 15 is 0 Å². The van der Waals surface area contributed by atoms with Gasteiger partial charge in [-0.2, -0.15) is 0 Å². The van der Waals surface area contributed by atoms with E-state index in [0.29, 0.717) is 10.0 Å². The second kappa shape index (κ2) is 7.38. The van der Waals surface area contributed by atoms with Gasteiger partial charge in [0.1, 0.15) is 12.6 Å². The molecule has 0 bridgehead atoms. The maximum atomic E-state index is 14.1. The summed E-state index contributed by atoms with van der Waals surface area (Å²) in [6.07, 6.45) is 0.0455. The van der Waals surface area contributed by atoms with Gasteiger partial charge in [0, 0.05) is 0 Å². The maximum absolute atomic E-state index is 14.1. The molecule has 0 fully saturated rings. The molecule has 0 aromatic heterocycles. The Bertz CT molecular complexity index is 641. The summed E-state index contributed by atoms with van der Waals surface area (Å²) in [7, 11) is 0. The number of ether oxygens (including phenoxy) is 1. The molecule has 0 aliphatic carbocycles. The Hall–Kier alpha value is -1.92. The zero-order valence-corrected chi connectivity index (χ0v) is 13.2. The quantitative estimate of drug-likeness (QED) is 0.822. The van der Waals surface area contributed by atoms with Crippen LogP contribution >= 0.6 is 15.9 Å². The van der Waals surface area contributed by atoms with Crippen molar-refractivity contribution in [1.82, 2.24) is 0 Å². The first-order chi connectivity index (χ1) is 10.5. The van der Waals surface area contributed by atoms with Crippen LogP contribution < -0.4 is 10.5 Å². The lowest BCUT2D eigenvalue weighted by molar-refractivity contribution is -0.138. The SMILES string of the molecule is NC(Cc1cc(F)c(OCc2ccccc2)c(Br)c1)C(=O)O. The summed E-state index contributed by atoms with van der Waals surface area (Å²) in [5, 5.41) is 8.79. The van der Waals surface area contributed by atoms with Crippen LogP contribution in [0.5, 0.6) is 5.75 Å². The van der Waals surface area contributed by atoms with Crippen LogP contribution in [0.4, 0.5) is 4.39 Å². The summed E-state index contributed by atoms with van der Waals surface area (Å²) in [6, 6.07) is 11.2. The fourth-order valence-corrected chi connectivity index (χ4v) is 2.54. The number of hydrogen-bond donors (Lipinski definition) is 2. The van der Waals surface area contributed by atoms with Gasteiger partial charge >= 0.3 is 5.97 Å².